The predicted molar refractivity (Wildman–Crippen MR) is 154 cm³/mol. The zero-order chi connectivity index (χ0) is 30.2. The van der Waals surface area contributed by atoms with Gasteiger partial charge in [0.15, 0.2) is 0 Å². The normalized spacial score (nSPS) is 23.0. The van der Waals surface area contributed by atoms with Crippen molar-refractivity contribution in [1.82, 2.24) is 30.6 Å². The average Bonchev–Trinajstić information content (AvgIpc) is 3.68. The number of nitrogens with zero attached hydrogens (tertiary/aromatic N) is 3. The van der Waals surface area contributed by atoms with Crippen LogP contribution in [0.2, 0.25) is 0 Å². The molecular weight excluding hydrogens is 541 g/mol. The zero-order valence-electron chi connectivity index (χ0n) is 24.6. The molecule has 1 aliphatic heterocycles. The molecule has 12 heteroatoms. The quantitative estimate of drug-likeness (QED) is 0.380. The van der Waals surface area contributed by atoms with Crippen molar-refractivity contribution in [1.29, 1.82) is 0 Å². The summed E-state index contributed by atoms with van der Waals surface area (Å²) in [5.74, 6) is -1.78. The molecule has 5 amide bonds. The third-order valence-corrected chi connectivity index (χ3v) is 9.16. The Morgan fingerprint density at radius 3 is 2.40 bits per heavy atom. The van der Waals surface area contributed by atoms with Crippen molar-refractivity contribution < 1.29 is 23.6 Å². The van der Waals surface area contributed by atoms with Crippen molar-refractivity contribution in [3.8, 4) is 0 Å². The summed E-state index contributed by atoms with van der Waals surface area (Å²) in [5.41, 5.74) is 0.394. The Labute approximate surface area is 245 Å². The summed E-state index contributed by atoms with van der Waals surface area (Å²) in [6, 6.07) is 3.20. The highest BCUT2D eigenvalue weighted by molar-refractivity contribution is 6.01. The molecule has 1 saturated carbocycles. The summed E-state index contributed by atoms with van der Waals surface area (Å²) in [4.78, 5) is 54.6. The zero-order valence-corrected chi connectivity index (χ0v) is 24.6. The highest BCUT2D eigenvalue weighted by atomic mass is 19.1. The van der Waals surface area contributed by atoms with E-state index in [0.717, 1.165) is 32.1 Å². The van der Waals surface area contributed by atoms with Gasteiger partial charge < -0.3 is 26.2 Å². The van der Waals surface area contributed by atoms with Gasteiger partial charge in [0.05, 0.1) is 11.7 Å². The molecule has 2 aliphatic carbocycles. The molecule has 1 saturated heterocycles. The standard InChI is InChI=1S/C30H40FN7O4/c1-17(2)23-16-38(29(42)35-23)30(28(41)32-3)14-19-12-21(31)22(13-20(19)15-30)34-27(40)25(18-8-6-5-7-9-18)36-26(39)24-10-11-33-37(24)4/h10-13,17-18,23,25H,5-9,14-16H2,1-4H3,(H,32,41)(H,34,40)(H,35,42)(H,36,39)/t23-,25-,30?/m0/s1. The fraction of sp³-hybridized carbons (Fsp3) is 0.567. The van der Waals surface area contributed by atoms with Gasteiger partial charge in [-0.1, -0.05) is 33.1 Å². The number of aryl methyl sites for hydroxylation is 1. The fourth-order valence-electron chi connectivity index (χ4n) is 6.68. The minimum Gasteiger partial charge on any atom is -0.357 e. The van der Waals surface area contributed by atoms with E-state index in [1.165, 1.54) is 24.0 Å². The number of amides is 5. The van der Waals surface area contributed by atoms with Crippen molar-refractivity contribution >= 4 is 29.4 Å². The lowest BCUT2D eigenvalue weighted by Crippen LogP contribution is -2.60. The van der Waals surface area contributed by atoms with Gasteiger partial charge >= 0.3 is 6.03 Å². The smallest absolute Gasteiger partial charge is 0.318 e. The van der Waals surface area contributed by atoms with Crippen LogP contribution >= 0.6 is 0 Å². The number of carbonyl (C=O) groups excluding carboxylic acids is 4. The molecule has 4 N–H and O–H groups in total. The number of hydrogen-bond donors (Lipinski definition) is 4. The van der Waals surface area contributed by atoms with Gasteiger partial charge in [-0.05, 0) is 54.0 Å². The van der Waals surface area contributed by atoms with Crippen molar-refractivity contribution in [2.75, 3.05) is 18.9 Å². The predicted octanol–water partition coefficient (Wildman–Crippen LogP) is 2.51. The molecule has 42 heavy (non-hydrogen) atoms. The SMILES string of the molecule is CNC(=O)C1(N2C[C@@H](C(C)C)NC2=O)Cc2cc(F)c(NC(=O)[C@@H](NC(=O)c3ccnn3C)C3CCCCC3)cc2C1. The Morgan fingerprint density at radius 2 is 1.81 bits per heavy atom. The Balaban J connectivity index is 1.39. The molecule has 3 aliphatic rings. The lowest BCUT2D eigenvalue weighted by Gasteiger charge is -2.36. The van der Waals surface area contributed by atoms with E-state index >= 15 is 4.39 Å². The number of nitrogens with one attached hydrogen (secondary N) is 4. The van der Waals surface area contributed by atoms with Gasteiger partial charge in [-0.2, -0.15) is 5.10 Å². The van der Waals surface area contributed by atoms with E-state index in [1.54, 1.807) is 24.1 Å². The highest BCUT2D eigenvalue weighted by Crippen LogP contribution is 2.39. The molecule has 0 spiro atoms. The number of likely N-dealkylation sites (N-methyl/N-ethyl adjacent to an activating group) is 1. The fourth-order valence-corrected chi connectivity index (χ4v) is 6.68. The van der Waals surface area contributed by atoms with Crippen molar-refractivity contribution in [2.45, 2.75) is 76.4 Å². The first kappa shape index (κ1) is 29.5. The second kappa shape index (κ2) is 11.7. The Kier molecular flexibility index (Phi) is 8.25. The molecular formula is C30H40FN7O4. The maximum atomic E-state index is 15.5. The van der Waals surface area contributed by atoms with Crippen LogP contribution in [0.3, 0.4) is 0 Å². The molecule has 0 bridgehead atoms. The number of halogens is 1. The Bertz CT molecular complexity index is 1390. The molecule has 226 valence electrons. The molecule has 2 fully saturated rings. The lowest BCUT2D eigenvalue weighted by atomic mass is 9.83. The summed E-state index contributed by atoms with van der Waals surface area (Å²) in [7, 11) is 3.18. The van der Waals surface area contributed by atoms with Gasteiger partial charge in [-0.15, -0.1) is 0 Å². The summed E-state index contributed by atoms with van der Waals surface area (Å²) >= 11 is 0. The van der Waals surface area contributed by atoms with Crippen LogP contribution in [-0.2, 0) is 29.5 Å². The topological polar surface area (TPSA) is 137 Å². The van der Waals surface area contributed by atoms with Crippen LogP contribution < -0.4 is 21.3 Å². The van der Waals surface area contributed by atoms with Crippen LogP contribution in [-0.4, -0.2) is 69.6 Å². The molecule has 0 radical (unpaired) electrons. The van der Waals surface area contributed by atoms with Gasteiger partial charge in [0.2, 0.25) is 11.8 Å². The van der Waals surface area contributed by atoms with E-state index in [0.29, 0.717) is 23.4 Å². The van der Waals surface area contributed by atoms with Crippen LogP contribution in [0.1, 0.15) is 67.6 Å². The number of carbonyl (C=O) groups is 4. The number of urea groups is 1. The second-order valence-electron chi connectivity index (χ2n) is 12.2. The largest absolute Gasteiger partial charge is 0.357 e. The molecule has 3 atom stereocenters. The number of benzene rings is 1. The van der Waals surface area contributed by atoms with Gasteiger partial charge in [0.1, 0.15) is 23.1 Å². The van der Waals surface area contributed by atoms with E-state index in [9.17, 15) is 19.2 Å². The van der Waals surface area contributed by atoms with Gasteiger partial charge in [0, 0.05) is 39.7 Å². The minimum atomic E-state index is -1.21. The van der Waals surface area contributed by atoms with Gasteiger partial charge in [-0.25, -0.2) is 9.18 Å². The number of hydrogen-bond acceptors (Lipinski definition) is 5. The maximum Gasteiger partial charge on any atom is 0.318 e. The first-order valence-electron chi connectivity index (χ1n) is 14.8. The molecule has 1 unspecified atom stereocenters. The van der Waals surface area contributed by atoms with Crippen LogP contribution in [0.5, 0.6) is 0 Å². The Morgan fingerprint density at radius 1 is 1.12 bits per heavy atom. The van der Waals surface area contributed by atoms with Crippen LogP contribution in [0.15, 0.2) is 24.4 Å². The molecule has 2 heterocycles. The summed E-state index contributed by atoms with van der Waals surface area (Å²) in [6.45, 7) is 4.38. The van der Waals surface area contributed by atoms with E-state index in [1.807, 2.05) is 13.8 Å². The van der Waals surface area contributed by atoms with Crippen LogP contribution in [0, 0.1) is 17.7 Å². The first-order valence-corrected chi connectivity index (χ1v) is 14.8. The monoisotopic (exact) mass is 581 g/mol. The second-order valence-corrected chi connectivity index (χ2v) is 12.2. The molecule has 5 rings (SSSR count). The molecule has 11 nitrogen and oxygen atoms in total. The third kappa shape index (κ3) is 5.46. The van der Waals surface area contributed by atoms with Crippen LogP contribution in [0.25, 0.3) is 0 Å². The van der Waals surface area contributed by atoms with Gasteiger partial charge in [-0.3, -0.25) is 19.1 Å². The van der Waals surface area contributed by atoms with E-state index in [-0.39, 0.29) is 48.3 Å². The van der Waals surface area contributed by atoms with Gasteiger partial charge in [0.25, 0.3) is 5.91 Å². The van der Waals surface area contributed by atoms with Crippen LogP contribution in [0.4, 0.5) is 14.9 Å². The number of rotatable bonds is 8. The molecule has 1 aromatic carbocycles. The minimum absolute atomic E-state index is 0.0204. The van der Waals surface area contributed by atoms with E-state index < -0.39 is 29.2 Å². The summed E-state index contributed by atoms with van der Waals surface area (Å²) in [5, 5.41) is 15.3. The Hall–Kier alpha value is -3.96. The van der Waals surface area contributed by atoms with Crippen molar-refractivity contribution in [2.24, 2.45) is 18.9 Å². The third-order valence-electron chi connectivity index (χ3n) is 9.16. The number of aromatic nitrogens is 2. The number of anilines is 1. The maximum absolute atomic E-state index is 15.5. The average molecular weight is 582 g/mol. The van der Waals surface area contributed by atoms with E-state index in [2.05, 4.69) is 26.4 Å². The summed E-state index contributed by atoms with van der Waals surface area (Å²) < 4.78 is 16.9. The number of fused-ring (bicyclic) bond motifs is 1. The lowest BCUT2D eigenvalue weighted by molar-refractivity contribution is -0.130. The molecule has 2 aromatic rings. The van der Waals surface area contributed by atoms with Crippen molar-refractivity contribution in [3.05, 3.63) is 47.0 Å². The molecule has 1 aromatic heterocycles. The first-order chi connectivity index (χ1) is 20.0. The highest BCUT2D eigenvalue weighted by Gasteiger charge is 2.53. The summed E-state index contributed by atoms with van der Waals surface area (Å²) in [6.07, 6.45) is 6.39. The van der Waals surface area contributed by atoms with E-state index in [4.69, 9.17) is 0 Å². The van der Waals surface area contributed by atoms with Crippen molar-refractivity contribution in [3.63, 3.8) is 0 Å².